The van der Waals surface area contributed by atoms with Crippen LogP contribution in [0.15, 0.2) is 18.3 Å². The van der Waals surface area contributed by atoms with Crippen LogP contribution in [0.2, 0.25) is 5.15 Å². The molecule has 1 aliphatic carbocycles. The number of carbonyl (C=O) groups is 1. The summed E-state index contributed by atoms with van der Waals surface area (Å²) in [5.41, 5.74) is 0.901. The van der Waals surface area contributed by atoms with Crippen LogP contribution in [-0.4, -0.2) is 28.8 Å². The van der Waals surface area contributed by atoms with E-state index in [1.807, 2.05) is 6.07 Å². The van der Waals surface area contributed by atoms with E-state index in [2.05, 4.69) is 15.6 Å². The second kappa shape index (κ2) is 7.45. The molecule has 0 spiro atoms. The van der Waals surface area contributed by atoms with E-state index in [9.17, 15) is 9.90 Å². The Morgan fingerprint density at radius 1 is 1.40 bits per heavy atom. The molecular formula is C14H20ClN3O2. The molecule has 3 N–H and O–H groups in total. The Balaban J connectivity index is 1.66. The highest BCUT2D eigenvalue weighted by molar-refractivity contribution is 6.29. The van der Waals surface area contributed by atoms with E-state index in [1.54, 1.807) is 12.3 Å². The number of hydrogen-bond donors (Lipinski definition) is 3. The normalized spacial score (nSPS) is 22.3. The molecule has 2 unspecified atom stereocenters. The van der Waals surface area contributed by atoms with Crippen molar-refractivity contribution in [1.82, 2.24) is 15.6 Å². The maximum absolute atomic E-state index is 11.7. The van der Waals surface area contributed by atoms with Crippen LogP contribution in [0.4, 0.5) is 4.79 Å². The molecule has 0 aliphatic heterocycles. The summed E-state index contributed by atoms with van der Waals surface area (Å²) in [5, 5.41) is 15.6. The van der Waals surface area contributed by atoms with Gasteiger partial charge in [0.2, 0.25) is 0 Å². The van der Waals surface area contributed by atoms with Crippen molar-refractivity contribution in [3.05, 3.63) is 29.0 Å². The van der Waals surface area contributed by atoms with Crippen molar-refractivity contribution in [3.63, 3.8) is 0 Å². The molecule has 0 saturated heterocycles. The molecule has 5 nitrogen and oxygen atoms in total. The van der Waals surface area contributed by atoms with Crippen LogP contribution in [-0.2, 0) is 6.54 Å². The molecule has 20 heavy (non-hydrogen) atoms. The molecular weight excluding hydrogens is 278 g/mol. The molecule has 0 radical (unpaired) electrons. The maximum Gasteiger partial charge on any atom is 0.315 e. The predicted molar refractivity (Wildman–Crippen MR) is 77.5 cm³/mol. The first-order valence-corrected chi connectivity index (χ1v) is 7.31. The Kier molecular flexibility index (Phi) is 5.61. The van der Waals surface area contributed by atoms with E-state index in [1.165, 1.54) is 0 Å². The number of urea groups is 1. The standard InChI is InChI=1S/C14H20ClN3O2/c15-13-5-4-11(8-16-13)9-18-14(20)17-7-10-2-1-3-12(19)6-10/h4-5,8,10,12,19H,1-3,6-7,9H2,(H2,17,18,20). The van der Waals surface area contributed by atoms with Crippen LogP contribution in [0.3, 0.4) is 0 Å². The molecule has 1 heterocycles. The Labute approximate surface area is 123 Å². The number of nitrogens with one attached hydrogen (secondary N) is 2. The van der Waals surface area contributed by atoms with Crippen molar-refractivity contribution in [2.75, 3.05) is 6.54 Å². The lowest BCUT2D eigenvalue weighted by atomic mass is 9.87. The summed E-state index contributed by atoms with van der Waals surface area (Å²) in [4.78, 5) is 15.6. The highest BCUT2D eigenvalue weighted by Gasteiger charge is 2.20. The number of pyridine rings is 1. The Morgan fingerprint density at radius 2 is 2.25 bits per heavy atom. The van der Waals surface area contributed by atoms with Crippen molar-refractivity contribution in [3.8, 4) is 0 Å². The van der Waals surface area contributed by atoms with Gasteiger partial charge in [0.05, 0.1) is 6.10 Å². The summed E-state index contributed by atoms with van der Waals surface area (Å²) in [6, 6.07) is 3.33. The molecule has 1 aromatic rings. The first-order valence-electron chi connectivity index (χ1n) is 6.93. The third-order valence-corrected chi connectivity index (χ3v) is 3.77. The summed E-state index contributed by atoms with van der Waals surface area (Å²) in [6.45, 7) is 1.03. The van der Waals surface area contributed by atoms with Crippen molar-refractivity contribution in [2.24, 2.45) is 5.92 Å². The van der Waals surface area contributed by atoms with E-state index in [0.717, 1.165) is 31.2 Å². The zero-order valence-electron chi connectivity index (χ0n) is 11.3. The monoisotopic (exact) mass is 297 g/mol. The van der Waals surface area contributed by atoms with Gasteiger partial charge in [0.25, 0.3) is 0 Å². The lowest BCUT2D eigenvalue weighted by Crippen LogP contribution is -2.39. The average Bonchev–Trinajstić information content (AvgIpc) is 2.45. The molecule has 2 atom stereocenters. The van der Waals surface area contributed by atoms with Gasteiger partial charge in [0.15, 0.2) is 0 Å². The third kappa shape index (κ3) is 4.98. The molecule has 6 heteroatoms. The van der Waals surface area contributed by atoms with Gasteiger partial charge in [-0.2, -0.15) is 0 Å². The van der Waals surface area contributed by atoms with E-state index in [0.29, 0.717) is 24.2 Å². The molecule has 1 saturated carbocycles. The van der Waals surface area contributed by atoms with Gasteiger partial charge in [-0.1, -0.05) is 24.1 Å². The topological polar surface area (TPSA) is 74.2 Å². The first-order chi connectivity index (χ1) is 9.63. The van der Waals surface area contributed by atoms with E-state index in [-0.39, 0.29) is 12.1 Å². The minimum atomic E-state index is -0.209. The molecule has 0 aromatic carbocycles. The van der Waals surface area contributed by atoms with Crippen LogP contribution >= 0.6 is 11.6 Å². The molecule has 110 valence electrons. The highest BCUT2D eigenvalue weighted by atomic mass is 35.5. The summed E-state index contributed by atoms with van der Waals surface area (Å²) in [5.74, 6) is 0.377. The maximum atomic E-state index is 11.7. The quantitative estimate of drug-likeness (QED) is 0.745. The van der Waals surface area contributed by atoms with Crippen molar-refractivity contribution in [1.29, 1.82) is 0 Å². The van der Waals surface area contributed by atoms with Crippen molar-refractivity contribution < 1.29 is 9.90 Å². The van der Waals surface area contributed by atoms with Crippen LogP contribution in [0.25, 0.3) is 0 Å². The van der Waals surface area contributed by atoms with Gasteiger partial charge in [-0.05, 0) is 36.8 Å². The van der Waals surface area contributed by atoms with Crippen LogP contribution in [0.5, 0.6) is 0 Å². The lowest BCUT2D eigenvalue weighted by molar-refractivity contribution is 0.101. The largest absolute Gasteiger partial charge is 0.393 e. The van der Waals surface area contributed by atoms with Gasteiger partial charge >= 0.3 is 6.03 Å². The molecule has 2 rings (SSSR count). The predicted octanol–water partition coefficient (Wildman–Crippen LogP) is 2.09. The SMILES string of the molecule is O=C(NCc1ccc(Cl)nc1)NCC1CCCC(O)C1. The fourth-order valence-electron chi connectivity index (χ4n) is 2.44. The zero-order valence-corrected chi connectivity index (χ0v) is 12.1. The number of aromatic nitrogens is 1. The number of hydrogen-bond acceptors (Lipinski definition) is 3. The summed E-state index contributed by atoms with van der Waals surface area (Å²) in [7, 11) is 0. The van der Waals surface area contributed by atoms with Gasteiger partial charge in [-0.25, -0.2) is 9.78 Å². The molecule has 1 aromatic heterocycles. The van der Waals surface area contributed by atoms with Gasteiger partial charge in [0.1, 0.15) is 5.15 Å². The fourth-order valence-corrected chi connectivity index (χ4v) is 2.55. The zero-order chi connectivity index (χ0) is 14.4. The van der Waals surface area contributed by atoms with Crippen molar-refractivity contribution >= 4 is 17.6 Å². The van der Waals surface area contributed by atoms with Crippen LogP contribution in [0.1, 0.15) is 31.2 Å². The van der Waals surface area contributed by atoms with Crippen molar-refractivity contribution in [2.45, 2.75) is 38.3 Å². The number of halogens is 1. The molecule has 0 bridgehead atoms. The second-order valence-electron chi connectivity index (χ2n) is 5.24. The number of aliphatic hydroxyl groups excluding tert-OH is 1. The number of carbonyl (C=O) groups excluding carboxylic acids is 1. The van der Waals surface area contributed by atoms with E-state index < -0.39 is 0 Å². The number of amides is 2. The van der Waals surface area contributed by atoms with E-state index in [4.69, 9.17) is 11.6 Å². The Hall–Kier alpha value is -1.33. The Morgan fingerprint density at radius 3 is 2.95 bits per heavy atom. The van der Waals surface area contributed by atoms with Crippen LogP contribution < -0.4 is 10.6 Å². The average molecular weight is 298 g/mol. The second-order valence-corrected chi connectivity index (χ2v) is 5.63. The fraction of sp³-hybridized carbons (Fsp3) is 0.571. The van der Waals surface area contributed by atoms with Gasteiger partial charge in [0, 0.05) is 19.3 Å². The number of rotatable bonds is 4. The minimum absolute atomic E-state index is 0.194. The smallest absolute Gasteiger partial charge is 0.315 e. The van der Waals surface area contributed by atoms with E-state index >= 15 is 0 Å². The Bertz CT molecular complexity index is 439. The summed E-state index contributed by atoms with van der Waals surface area (Å²) >= 11 is 5.69. The highest BCUT2D eigenvalue weighted by Crippen LogP contribution is 2.23. The van der Waals surface area contributed by atoms with Crippen LogP contribution in [0, 0.1) is 5.92 Å². The lowest BCUT2D eigenvalue weighted by Gasteiger charge is -2.25. The summed E-state index contributed by atoms with van der Waals surface area (Å²) in [6.07, 6.45) is 5.19. The summed E-state index contributed by atoms with van der Waals surface area (Å²) < 4.78 is 0. The van der Waals surface area contributed by atoms with Gasteiger partial charge in [-0.15, -0.1) is 0 Å². The van der Waals surface area contributed by atoms with Gasteiger partial charge in [-0.3, -0.25) is 0 Å². The number of nitrogens with zero attached hydrogens (tertiary/aromatic N) is 1. The minimum Gasteiger partial charge on any atom is -0.393 e. The molecule has 1 fully saturated rings. The number of aliphatic hydroxyl groups is 1. The molecule has 2 amide bonds. The molecule has 1 aliphatic rings. The third-order valence-electron chi connectivity index (χ3n) is 3.55. The van der Waals surface area contributed by atoms with Gasteiger partial charge < -0.3 is 15.7 Å². The first kappa shape index (κ1) is 15.1.